The maximum absolute atomic E-state index is 12.9. The van der Waals surface area contributed by atoms with Gasteiger partial charge in [-0.05, 0) is 68.4 Å². The van der Waals surface area contributed by atoms with Crippen molar-refractivity contribution in [2.45, 2.75) is 44.1 Å². The van der Waals surface area contributed by atoms with Gasteiger partial charge in [-0.1, -0.05) is 12.1 Å². The number of nitrogens with one attached hydrogen (secondary N) is 1. The average Bonchev–Trinajstić information content (AvgIpc) is 2.59. The van der Waals surface area contributed by atoms with Gasteiger partial charge in [-0.2, -0.15) is 0 Å². The Morgan fingerprint density at radius 2 is 1.81 bits per heavy atom. The van der Waals surface area contributed by atoms with Crippen molar-refractivity contribution < 1.29 is 13.9 Å². The molecule has 0 aliphatic heterocycles. The minimum Gasteiger partial charge on any atom is -0.493 e. The normalized spacial score (nSPS) is 32.0. The summed E-state index contributed by atoms with van der Waals surface area (Å²) in [6, 6.07) is 7.00. The first-order chi connectivity index (χ1) is 12.5. The molecular formula is C21H23NO4. The Bertz CT molecular complexity index is 909. The van der Waals surface area contributed by atoms with E-state index in [9.17, 15) is 9.59 Å². The number of rotatable bonds is 3. The maximum Gasteiger partial charge on any atom is 0.349 e. The first kappa shape index (κ1) is 15.9. The van der Waals surface area contributed by atoms with E-state index in [0.29, 0.717) is 16.7 Å². The zero-order valence-corrected chi connectivity index (χ0v) is 14.9. The van der Waals surface area contributed by atoms with Crippen molar-refractivity contribution in [3.63, 3.8) is 0 Å². The molecule has 26 heavy (non-hydrogen) atoms. The molecule has 2 aromatic rings. The summed E-state index contributed by atoms with van der Waals surface area (Å²) in [4.78, 5) is 25.4. The monoisotopic (exact) mass is 353 g/mol. The molecule has 0 spiro atoms. The molecule has 4 aliphatic carbocycles. The zero-order chi connectivity index (χ0) is 17.9. The van der Waals surface area contributed by atoms with Crippen LogP contribution in [0.5, 0.6) is 5.75 Å². The molecular weight excluding hydrogens is 330 g/mol. The first-order valence-corrected chi connectivity index (χ1v) is 9.49. The summed E-state index contributed by atoms with van der Waals surface area (Å²) in [5.41, 5.74) is -0.265. The number of hydrogen-bond donors (Lipinski definition) is 1. The Morgan fingerprint density at radius 3 is 2.42 bits per heavy atom. The highest BCUT2D eigenvalue weighted by molar-refractivity contribution is 5.97. The minimum absolute atomic E-state index is 0.0847. The van der Waals surface area contributed by atoms with Gasteiger partial charge >= 0.3 is 5.63 Å². The van der Waals surface area contributed by atoms with Gasteiger partial charge in [-0.25, -0.2) is 4.79 Å². The minimum atomic E-state index is -0.607. The molecule has 6 rings (SSSR count). The molecule has 5 nitrogen and oxygen atoms in total. The van der Waals surface area contributed by atoms with Gasteiger partial charge in [0.05, 0.1) is 7.11 Å². The van der Waals surface area contributed by atoms with E-state index in [1.54, 1.807) is 12.1 Å². The van der Waals surface area contributed by atoms with Gasteiger partial charge in [0.25, 0.3) is 5.91 Å². The molecule has 1 N–H and O–H groups in total. The second-order valence-electron chi connectivity index (χ2n) is 8.48. The third-order valence-corrected chi connectivity index (χ3v) is 6.61. The van der Waals surface area contributed by atoms with E-state index in [4.69, 9.17) is 9.15 Å². The van der Waals surface area contributed by atoms with Crippen molar-refractivity contribution in [1.82, 2.24) is 5.32 Å². The van der Waals surface area contributed by atoms with Crippen LogP contribution in [-0.4, -0.2) is 18.6 Å². The van der Waals surface area contributed by atoms with Crippen molar-refractivity contribution >= 4 is 16.9 Å². The predicted octanol–water partition coefficient (Wildman–Crippen LogP) is 3.50. The van der Waals surface area contributed by atoms with E-state index in [1.807, 2.05) is 12.1 Å². The summed E-state index contributed by atoms with van der Waals surface area (Å²) in [6.07, 6.45) is 7.10. The molecule has 4 fully saturated rings. The lowest BCUT2D eigenvalue weighted by Crippen LogP contribution is -2.60. The van der Waals surface area contributed by atoms with Gasteiger partial charge in [0, 0.05) is 10.9 Å². The van der Waals surface area contributed by atoms with Crippen LogP contribution in [0.25, 0.3) is 11.0 Å². The highest BCUT2D eigenvalue weighted by Crippen LogP contribution is 2.55. The number of benzene rings is 1. The smallest absolute Gasteiger partial charge is 0.349 e. The summed E-state index contributed by atoms with van der Waals surface area (Å²) in [7, 11) is 1.53. The van der Waals surface area contributed by atoms with Crippen molar-refractivity contribution in [1.29, 1.82) is 0 Å². The van der Waals surface area contributed by atoms with E-state index >= 15 is 0 Å². The number of amides is 1. The van der Waals surface area contributed by atoms with Gasteiger partial charge < -0.3 is 14.5 Å². The highest BCUT2D eigenvalue weighted by atomic mass is 16.5. The lowest BCUT2D eigenvalue weighted by Gasteiger charge is -2.56. The summed E-state index contributed by atoms with van der Waals surface area (Å²) in [5, 5.41) is 3.94. The first-order valence-electron chi connectivity index (χ1n) is 9.49. The quantitative estimate of drug-likeness (QED) is 0.858. The third-order valence-electron chi connectivity index (χ3n) is 6.61. The van der Waals surface area contributed by atoms with Crippen molar-refractivity contribution in [2.75, 3.05) is 7.11 Å². The standard InChI is InChI=1S/C21H23NO4/c1-25-17-4-2-3-15-8-16(20(24)26-18(15)17)19(23)22-21-9-12-5-13(10-21)7-14(6-12)11-21/h2-4,8,12-14H,5-7,9-11H2,1H3,(H,22,23). The molecule has 0 saturated heterocycles. The van der Waals surface area contributed by atoms with Gasteiger partial charge in [-0.3, -0.25) is 4.79 Å². The Hall–Kier alpha value is -2.30. The zero-order valence-electron chi connectivity index (χ0n) is 14.9. The average molecular weight is 353 g/mol. The largest absolute Gasteiger partial charge is 0.493 e. The van der Waals surface area contributed by atoms with Crippen LogP contribution < -0.4 is 15.7 Å². The molecule has 4 aliphatic rings. The van der Waals surface area contributed by atoms with Crippen LogP contribution in [0.1, 0.15) is 48.9 Å². The molecule has 1 amide bonds. The predicted molar refractivity (Wildman–Crippen MR) is 97.4 cm³/mol. The summed E-state index contributed by atoms with van der Waals surface area (Å²) >= 11 is 0. The second kappa shape index (κ2) is 5.60. The third kappa shape index (κ3) is 2.44. The molecule has 0 radical (unpaired) electrons. The van der Waals surface area contributed by atoms with Crippen molar-refractivity contribution in [2.24, 2.45) is 17.8 Å². The van der Waals surface area contributed by atoms with Gasteiger partial charge in [0.2, 0.25) is 0 Å². The number of carbonyl (C=O) groups excluding carboxylic acids is 1. The second-order valence-corrected chi connectivity index (χ2v) is 8.48. The molecule has 1 aromatic carbocycles. The lowest BCUT2D eigenvalue weighted by molar-refractivity contribution is -0.0167. The Kier molecular flexibility index (Phi) is 3.43. The maximum atomic E-state index is 12.9. The molecule has 1 heterocycles. The molecule has 4 bridgehead atoms. The SMILES string of the molecule is COc1cccc2cc(C(=O)NC34CC5CC(CC(C5)C3)C4)c(=O)oc12. The summed E-state index contributed by atoms with van der Waals surface area (Å²) < 4.78 is 10.7. The fourth-order valence-corrected chi connectivity index (χ4v) is 6.01. The van der Waals surface area contributed by atoms with Crippen molar-refractivity contribution in [3.8, 4) is 5.75 Å². The van der Waals surface area contributed by atoms with E-state index < -0.39 is 5.63 Å². The van der Waals surface area contributed by atoms with Crippen LogP contribution in [0.3, 0.4) is 0 Å². The lowest BCUT2D eigenvalue weighted by atomic mass is 9.53. The van der Waals surface area contributed by atoms with Crippen LogP contribution in [0.15, 0.2) is 33.5 Å². The molecule has 5 heteroatoms. The van der Waals surface area contributed by atoms with Crippen LogP contribution >= 0.6 is 0 Å². The van der Waals surface area contributed by atoms with E-state index in [1.165, 1.54) is 26.4 Å². The van der Waals surface area contributed by atoms with E-state index in [-0.39, 0.29) is 17.0 Å². The Balaban J connectivity index is 1.47. The Labute approximate surface area is 151 Å². The van der Waals surface area contributed by atoms with E-state index in [2.05, 4.69) is 5.32 Å². The number of fused-ring (bicyclic) bond motifs is 1. The fraction of sp³-hybridized carbons (Fsp3) is 0.524. The van der Waals surface area contributed by atoms with Gasteiger partial charge in [0.1, 0.15) is 5.56 Å². The highest BCUT2D eigenvalue weighted by Gasteiger charge is 2.51. The molecule has 0 atom stereocenters. The van der Waals surface area contributed by atoms with Gasteiger partial charge in [-0.15, -0.1) is 0 Å². The summed E-state index contributed by atoms with van der Waals surface area (Å²) in [6.45, 7) is 0. The number of carbonyl (C=O) groups is 1. The molecule has 136 valence electrons. The summed E-state index contributed by atoms with van der Waals surface area (Å²) in [5.74, 6) is 2.40. The molecule has 1 aromatic heterocycles. The number of hydrogen-bond acceptors (Lipinski definition) is 4. The number of ether oxygens (including phenoxy) is 1. The van der Waals surface area contributed by atoms with Crippen LogP contribution in [0.4, 0.5) is 0 Å². The Morgan fingerprint density at radius 1 is 1.15 bits per heavy atom. The van der Waals surface area contributed by atoms with Crippen LogP contribution in [0.2, 0.25) is 0 Å². The fourth-order valence-electron chi connectivity index (χ4n) is 6.01. The van der Waals surface area contributed by atoms with Crippen LogP contribution in [-0.2, 0) is 0 Å². The van der Waals surface area contributed by atoms with E-state index in [0.717, 1.165) is 37.0 Å². The van der Waals surface area contributed by atoms with Crippen LogP contribution in [0, 0.1) is 17.8 Å². The van der Waals surface area contributed by atoms with Gasteiger partial charge in [0.15, 0.2) is 11.3 Å². The number of para-hydroxylation sites is 1. The molecule has 4 saturated carbocycles. The van der Waals surface area contributed by atoms with Crippen molar-refractivity contribution in [3.05, 3.63) is 40.2 Å². The topological polar surface area (TPSA) is 68.5 Å². The number of methoxy groups -OCH3 is 1. The molecule has 0 unspecified atom stereocenters.